The summed E-state index contributed by atoms with van der Waals surface area (Å²) in [5.41, 5.74) is 1.37. The molecule has 1 rings (SSSR count). The van der Waals surface area contributed by atoms with E-state index in [1.54, 1.807) is 26.2 Å². The number of nitrogens with one attached hydrogen (secondary N) is 1. The predicted molar refractivity (Wildman–Crippen MR) is 71.0 cm³/mol. The molecule has 0 bridgehead atoms. The van der Waals surface area contributed by atoms with Crippen molar-refractivity contribution in [3.05, 3.63) is 35.4 Å². The van der Waals surface area contributed by atoms with E-state index in [-0.39, 0.29) is 18.4 Å². The van der Waals surface area contributed by atoms with Gasteiger partial charge < -0.3 is 15.2 Å². The molecule has 1 atom stereocenters. The fraction of sp³-hybridized carbons (Fsp3) is 0.429. The third-order valence-electron chi connectivity index (χ3n) is 2.73. The molecular weight excluding hydrogens is 246 g/mol. The summed E-state index contributed by atoms with van der Waals surface area (Å²) < 4.78 is 5.04. The molecule has 0 saturated heterocycles. The quantitative estimate of drug-likeness (QED) is 0.788. The molecule has 0 aromatic heterocycles. The van der Waals surface area contributed by atoms with Gasteiger partial charge in [-0.3, -0.25) is 9.59 Å². The van der Waals surface area contributed by atoms with Gasteiger partial charge >= 0.3 is 5.97 Å². The number of aliphatic carboxylic acids is 1. The summed E-state index contributed by atoms with van der Waals surface area (Å²) in [6, 6.07) is 7.02. The van der Waals surface area contributed by atoms with Crippen LogP contribution < -0.4 is 5.32 Å². The van der Waals surface area contributed by atoms with Crippen molar-refractivity contribution >= 4 is 11.9 Å². The molecule has 2 N–H and O–H groups in total. The lowest BCUT2D eigenvalue weighted by molar-refractivity contribution is -0.137. The minimum absolute atomic E-state index is 0.0428. The van der Waals surface area contributed by atoms with Crippen molar-refractivity contribution in [3.8, 4) is 0 Å². The van der Waals surface area contributed by atoms with Crippen LogP contribution in [-0.2, 0) is 16.1 Å². The SMILES string of the molecule is COCc1ccccc1C(=O)NC(C)CCC(=O)O. The molecule has 5 heteroatoms. The number of carbonyl (C=O) groups is 2. The van der Waals surface area contributed by atoms with E-state index < -0.39 is 5.97 Å². The first-order valence-corrected chi connectivity index (χ1v) is 6.14. The van der Waals surface area contributed by atoms with Gasteiger partial charge in [0.15, 0.2) is 0 Å². The number of ether oxygens (including phenoxy) is 1. The Labute approximate surface area is 112 Å². The van der Waals surface area contributed by atoms with E-state index in [1.807, 2.05) is 12.1 Å². The van der Waals surface area contributed by atoms with E-state index in [0.717, 1.165) is 5.56 Å². The minimum Gasteiger partial charge on any atom is -0.481 e. The van der Waals surface area contributed by atoms with Crippen LogP contribution in [0.2, 0.25) is 0 Å². The van der Waals surface area contributed by atoms with E-state index >= 15 is 0 Å². The van der Waals surface area contributed by atoms with Crippen LogP contribution in [0, 0.1) is 0 Å². The van der Waals surface area contributed by atoms with Crippen LogP contribution in [0.15, 0.2) is 24.3 Å². The third kappa shape index (κ3) is 5.09. The number of carboxylic acid groups (broad SMARTS) is 1. The molecule has 0 radical (unpaired) electrons. The van der Waals surface area contributed by atoms with Crippen molar-refractivity contribution < 1.29 is 19.4 Å². The molecule has 1 aromatic carbocycles. The molecule has 1 aromatic rings. The summed E-state index contributed by atoms with van der Waals surface area (Å²) in [4.78, 5) is 22.6. The van der Waals surface area contributed by atoms with Crippen molar-refractivity contribution in [2.75, 3.05) is 7.11 Å². The molecular formula is C14H19NO4. The average Bonchev–Trinajstić information content (AvgIpc) is 2.37. The zero-order valence-corrected chi connectivity index (χ0v) is 11.2. The number of carbonyl (C=O) groups excluding carboxylic acids is 1. The lowest BCUT2D eigenvalue weighted by atomic mass is 10.1. The topological polar surface area (TPSA) is 75.6 Å². The van der Waals surface area contributed by atoms with Crippen molar-refractivity contribution in [2.45, 2.75) is 32.4 Å². The Morgan fingerprint density at radius 3 is 2.68 bits per heavy atom. The Morgan fingerprint density at radius 1 is 1.37 bits per heavy atom. The normalized spacial score (nSPS) is 11.9. The number of amides is 1. The third-order valence-corrected chi connectivity index (χ3v) is 2.73. The highest BCUT2D eigenvalue weighted by atomic mass is 16.5. The Kier molecular flexibility index (Phi) is 6.02. The van der Waals surface area contributed by atoms with Gasteiger partial charge in [-0.05, 0) is 25.0 Å². The van der Waals surface area contributed by atoms with Gasteiger partial charge in [0.05, 0.1) is 6.61 Å². The van der Waals surface area contributed by atoms with E-state index in [0.29, 0.717) is 18.6 Å². The molecule has 0 aliphatic rings. The molecule has 0 heterocycles. The summed E-state index contributed by atoms with van der Waals surface area (Å²) in [5.74, 6) is -1.06. The Hall–Kier alpha value is -1.88. The van der Waals surface area contributed by atoms with Crippen molar-refractivity contribution in [1.82, 2.24) is 5.32 Å². The molecule has 0 aliphatic carbocycles. The van der Waals surface area contributed by atoms with Gasteiger partial charge in [0.2, 0.25) is 0 Å². The second-order valence-electron chi connectivity index (χ2n) is 4.40. The van der Waals surface area contributed by atoms with Crippen molar-refractivity contribution in [3.63, 3.8) is 0 Å². The standard InChI is InChI=1S/C14H19NO4/c1-10(7-8-13(16)17)15-14(18)12-6-4-3-5-11(12)9-19-2/h3-6,10H,7-9H2,1-2H3,(H,15,18)(H,16,17). The molecule has 104 valence electrons. The van der Waals surface area contributed by atoms with Gasteiger partial charge in [0, 0.05) is 25.1 Å². The Bertz CT molecular complexity index is 445. The summed E-state index contributed by atoms with van der Waals surface area (Å²) in [5, 5.41) is 11.4. The van der Waals surface area contributed by atoms with E-state index in [2.05, 4.69) is 5.32 Å². The lowest BCUT2D eigenvalue weighted by Crippen LogP contribution is -2.33. The van der Waals surface area contributed by atoms with Crippen LogP contribution in [-0.4, -0.2) is 30.1 Å². The van der Waals surface area contributed by atoms with Gasteiger partial charge in [-0.1, -0.05) is 18.2 Å². The summed E-state index contributed by atoms with van der Waals surface area (Å²) in [7, 11) is 1.57. The van der Waals surface area contributed by atoms with E-state index in [1.165, 1.54) is 0 Å². The Morgan fingerprint density at radius 2 is 2.05 bits per heavy atom. The molecule has 0 spiro atoms. The summed E-state index contributed by atoms with van der Waals surface area (Å²) in [6.07, 6.45) is 0.453. The van der Waals surface area contributed by atoms with Crippen LogP contribution in [0.1, 0.15) is 35.7 Å². The van der Waals surface area contributed by atoms with Crippen LogP contribution in [0.5, 0.6) is 0 Å². The fourth-order valence-corrected chi connectivity index (χ4v) is 1.74. The van der Waals surface area contributed by atoms with Gasteiger partial charge in [0.25, 0.3) is 5.91 Å². The molecule has 5 nitrogen and oxygen atoms in total. The fourth-order valence-electron chi connectivity index (χ4n) is 1.74. The number of hydrogen-bond donors (Lipinski definition) is 2. The van der Waals surface area contributed by atoms with Gasteiger partial charge in [-0.15, -0.1) is 0 Å². The number of benzene rings is 1. The molecule has 1 amide bonds. The lowest BCUT2D eigenvalue weighted by Gasteiger charge is -2.14. The molecule has 0 aliphatic heterocycles. The van der Waals surface area contributed by atoms with Crippen LogP contribution in [0.4, 0.5) is 0 Å². The van der Waals surface area contributed by atoms with Crippen molar-refractivity contribution in [2.24, 2.45) is 0 Å². The predicted octanol–water partition coefficient (Wildman–Crippen LogP) is 1.82. The van der Waals surface area contributed by atoms with Gasteiger partial charge in [-0.2, -0.15) is 0 Å². The number of carboxylic acids is 1. The molecule has 19 heavy (non-hydrogen) atoms. The highest BCUT2D eigenvalue weighted by molar-refractivity contribution is 5.95. The maximum atomic E-state index is 12.1. The van der Waals surface area contributed by atoms with Crippen LogP contribution >= 0.6 is 0 Å². The van der Waals surface area contributed by atoms with Crippen molar-refractivity contribution in [1.29, 1.82) is 0 Å². The van der Waals surface area contributed by atoms with Gasteiger partial charge in [0.1, 0.15) is 0 Å². The first kappa shape index (κ1) is 15.2. The molecule has 0 fully saturated rings. The number of rotatable bonds is 7. The minimum atomic E-state index is -0.860. The smallest absolute Gasteiger partial charge is 0.303 e. The highest BCUT2D eigenvalue weighted by Gasteiger charge is 2.13. The van der Waals surface area contributed by atoms with E-state index in [4.69, 9.17) is 9.84 Å². The van der Waals surface area contributed by atoms with Crippen LogP contribution in [0.3, 0.4) is 0 Å². The zero-order chi connectivity index (χ0) is 14.3. The highest BCUT2D eigenvalue weighted by Crippen LogP contribution is 2.10. The van der Waals surface area contributed by atoms with Crippen LogP contribution in [0.25, 0.3) is 0 Å². The average molecular weight is 265 g/mol. The largest absolute Gasteiger partial charge is 0.481 e. The molecule has 0 saturated carbocycles. The second-order valence-corrected chi connectivity index (χ2v) is 4.40. The Balaban J connectivity index is 2.64. The first-order valence-electron chi connectivity index (χ1n) is 6.14. The monoisotopic (exact) mass is 265 g/mol. The molecule has 1 unspecified atom stereocenters. The maximum absolute atomic E-state index is 12.1. The number of hydrogen-bond acceptors (Lipinski definition) is 3. The first-order chi connectivity index (χ1) is 9.04. The second kappa shape index (κ2) is 7.53. The maximum Gasteiger partial charge on any atom is 0.303 e. The van der Waals surface area contributed by atoms with E-state index in [9.17, 15) is 9.59 Å². The summed E-state index contributed by atoms with van der Waals surface area (Å²) >= 11 is 0. The number of methoxy groups -OCH3 is 1. The summed E-state index contributed by atoms with van der Waals surface area (Å²) in [6.45, 7) is 2.16. The van der Waals surface area contributed by atoms with Gasteiger partial charge in [-0.25, -0.2) is 0 Å². The zero-order valence-electron chi connectivity index (χ0n) is 11.2.